The lowest BCUT2D eigenvalue weighted by molar-refractivity contribution is -0.134. The number of methoxy groups -OCH3 is 1. The smallest absolute Gasteiger partial charge is 0.331 e. The molecule has 0 spiro atoms. The van der Waals surface area contributed by atoms with Crippen molar-refractivity contribution in [2.24, 2.45) is 0 Å². The van der Waals surface area contributed by atoms with Gasteiger partial charge in [-0.25, -0.2) is 13.2 Å². The second-order valence-corrected chi connectivity index (χ2v) is 5.02. The average molecular weight is 221 g/mol. The van der Waals surface area contributed by atoms with Crippen LogP contribution in [0.3, 0.4) is 0 Å². The molecule has 0 unspecified atom stereocenters. The average Bonchev–Trinajstić information content (AvgIpc) is 2.17. The fraction of sp³-hybridized carbons (Fsp3) is 0.625. The quantitative estimate of drug-likeness (QED) is 0.378. The molecule has 6 heteroatoms. The summed E-state index contributed by atoms with van der Waals surface area (Å²) in [5, 5.41) is 2.68. The number of hydrogen-bond donors (Lipinski definition) is 1. The van der Waals surface area contributed by atoms with E-state index in [0.29, 0.717) is 6.54 Å². The molecule has 0 aliphatic heterocycles. The Morgan fingerprint density at radius 1 is 1.50 bits per heavy atom. The summed E-state index contributed by atoms with van der Waals surface area (Å²) in [5.74, 6) is -0.277. The highest BCUT2D eigenvalue weighted by Crippen LogP contribution is 1.86. The van der Waals surface area contributed by atoms with Crippen LogP contribution in [0.2, 0.25) is 0 Å². The molecule has 14 heavy (non-hydrogen) atoms. The third-order valence-corrected chi connectivity index (χ3v) is 3.24. The van der Waals surface area contributed by atoms with Gasteiger partial charge in [-0.3, -0.25) is 0 Å². The van der Waals surface area contributed by atoms with E-state index in [1.807, 2.05) is 0 Å². The predicted molar refractivity (Wildman–Crippen MR) is 53.5 cm³/mol. The Kier molecular flexibility index (Phi) is 5.94. The topological polar surface area (TPSA) is 72.5 Å². The van der Waals surface area contributed by atoms with Crippen molar-refractivity contribution in [3.8, 4) is 0 Å². The van der Waals surface area contributed by atoms with Gasteiger partial charge in [-0.05, 0) is 0 Å². The van der Waals surface area contributed by atoms with E-state index in [-0.39, 0.29) is 11.5 Å². The second kappa shape index (κ2) is 6.42. The largest absolute Gasteiger partial charge is 0.466 e. The van der Waals surface area contributed by atoms with Crippen LogP contribution in [-0.2, 0) is 19.4 Å². The van der Waals surface area contributed by atoms with Crippen molar-refractivity contribution in [3.63, 3.8) is 0 Å². The van der Waals surface area contributed by atoms with Crippen LogP contribution in [0.5, 0.6) is 0 Å². The number of nitrogens with one attached hydrogen (secondary N) is 1. The van der Waals surface area contributed by atoms with Gasteiger partial charge in [-0.2, -0.15) is 0 Å². The van der Waals surface area contributed by atoms with Crippen molar-refractivity contribution in [3.05, 3.63) is 12.3 Å². The maximum atomic E-state index is 11.0. The van der Waals surface area contributed by atoms with Crippen LogP contribution < -0.4 is 5.32 Å². The summed E-state index contributed by atoms with van der Waals surface area (Å²) in [5.41, 5.74) is 0. The Labute approximate surface area is 84.1 Å². The minimum absolute atomic E-state index is 0.0645. The van der Waals surface area contributed by atoms with Gasteiger partial charge in [-0.15, -0.1) is 0 Å². The van der Waals surface area contributed by atoms with Gasteiger partial charge in [0.25, 0.3) is 0 Å². The lowest BCUT2D eigenvalue weighted by atomic mass is 10.6. The minimum atomic E-state index is -2.94. The van der Waals surface area contributed by atoms with E-state index in [1.165, 1.54) is 19.4 Å². The van der Waals surface area contributed by atoms with Gasteiger partial charge in [-0.1, -0.05) is 6.92 Å². The molecule has 0 rings (SSSR count). The second-order valence-electron chi connectivity index (χ2n) is 2.55. The van der Waals surface area contributed by atoms with Crippen molar-refractivity contribution in [2.45, 2.75) is 6.92 Å². The van der Waals surface area contributed by atoms with E-state index in [1.54, 1.807) is 6.92 Å². The van der Waals surface area contributed by atoms with E-state index in [2.05, 4.69) is 10.1 Å². The zero-order valence-electron chi connectivity index (χ0n) is 8.32. The number of rotatable bonds is 6. The standard InChI is InChI=1S/C8H15NO4S/c1-3-14(11,12)7-6-9-5-4-8(10)13-2/h4-5,9H,3,6-7H2,1-2H3/b5-4+. The minimum Gasteiger partial charge on any atom is -0.466 e. The fourth-order valence-electron chi connectivity index (χ4n) is 0.637. The van der Waals surface area contributed by atoms with Gasteiger partial charge in [0.05, 0.1) is 12.9 Å². The molecular weight excluding hydrogens is 206 g/mol. The molecule has 0 atom stereocenters. The number of ether oxygens (including phenoxy) is 1. The SMILES string of the molecule is CCS(=O)(=O)CCN/C=C/C(=O)OC. The molecule has 5 nitrogen and oxygen atoms in total. The molecule has 0 aromatic heterocycles. The van der Waals surface area contributed by atoms with E-state index in [4.69, 9.17) is 0 Å². The zero-order valence-corrected chi connectivity index (χ0v) is 9.13. The van der Waals surface area contributed by atoms with Crippen LogP contribution in [0.4, 0.5) is 0 Å². The van der Waals surface area contributed by atoms with Gasteiger partial charge >= 0.3 is 5.97 Å². The highest BCUT2D eigenvalue weighted by molar-refractivity contribution is 7.91. The summed E-state index contributed by atoms with van der Waals surface area (Å²) in [6.07, 6.45) is 2.57. The maximum absolute atomic E-state index is 11.0. The molecule has 0 aromatic rings. The molecule has 82 valence electrons. The highest BCUT2D eigenvalue weighted by Gasteiger charge is 2.04. The van der Waals surface area contributed by atoms with Gasteiger partial charge < -0.3 is 10.1 Å². The Morgan fingerprint density at radius 2 is 2.14 bits per heavy atom. The van der Waals surface area contributed by atoms with Gasteiger partial charge in [0.1, 0.15) is 0 Å². The molecule has 0 saturated heterocycles. The lowest BCUT2D eigenvalue weighted by Gasteiger charge is -2.00. The number of sulfone groups is 1. The predicted octanol–water partition coefficient (Wildman–Crippen LogP) is -0.303. The Bertz CT molecular complexity index is 294. The lowest BCUT2D eigenvalue weighted by Crippen LogP contribution is -2.20. The number of esters is 1. The van der Waals surface area contributed by atoms with Crippen LogP contribution in [0.1, 0.15) is 6.92 Å². The molecule has 0 aliphatic carbocycles. The molecule has 0 saturated carbocycles. The first kappa shape index (κ1) is 13.0. The van der Waals surface area contributed by atoms with E-state index in [0.717, 1.165) is 0 Å². The van der Waals surface area contributed by atoms with Crippen LogP contribution >= 0.6 is 0 Å². The molecular formula is C8H15NO4S. The molecule has 0 aliphatic rings. The summed E-state index contributed by atoms with van der Waals surface area (Å²) < 4.78 is 26.3. The third kappa shape index (κ3) is 6.47. The first-order valence-electron chi connectivity index (χ1n) is 4.20. The highest BCUT2D eigenvalue weighted by atomic mass is 32.2. The first-order valence-corrected chi connectivity index (χ1v) is 6.02. The van der Waals surface area contributed by atoms with Crippen LogP contribution in [0.15, 0.2) is 12.3 Å². The molecule has 0 radical (unpaired) electrons. The summed E-state index contributed by atoms with van der Waals surface area (Å²) >= 11 is 0. The summed E-state index contributed by atoms with van der Waals surface area (Å²) in [7, 11) is -1.67. The van der Waals surface area contributed by atoms with E-state index in [9.17, 15) is 13.2 Å². The molecule has 0 bridgehead atoms. The molecule has 0 fully saturated rings. The van der Waals surface area contributed by atoms with Crippen molar-refractivity contribution in [1.82, 2.24) is 5.32 Å². The monoisotopic (exact) mass is 221 g/mol. The van der Waals surface area contributed by atoms with Crippen molar-refractivity contribution in [1.29, 1.82) is 0 Å². The summed E-state index contributed by atoms with van der Waals surface area (Å²) in [4.78, 5) is 10.6. The Morgan fingerprint density at radius 3 is 2.64 bits per heavy atom. The fourth-order valence-corrected chi connectivity index (χ4v) is 1.35. The Balaban J connectivity index is 3.67. The van der Waals surface area contributed by atoms with Crippen molar-refractivity contribution >= 4 is 15.8 Å². The number of hydrogen-bond acceptors (Lipinski definition) is 5. The summed E-state index contributed by atoms with van der Waals surface area (Å²) in [6, 6.07) is 0. The zero-order chi connectivity index (χ0) is 11.0. The first-order chi connectivity index (χ1) is 6.52. The number of carbonyl (C=O) groups is 1. The van der Waals surface area contributed by atoms with E-state index >= 15 is 0 Å². The van der Waals surface area contributed by atoms with Crippen molar-refractivity contribution < 1.29 is 17.9 Å². The third-order valence-electron chi connectivity index (χ3n) is 1.54. The normalized spacial score (nSPS) is 11.6. The summed E-state index contributed by atoms with van der Waals surface area (Å²) in [6.45, 7) is 1.89. The molecule has 1 N–H and O–H groups in total. The molecule has 0 heterocycles. The van der Waals surface area contributed by atoms with Crippen LogP contribution in [0.25, 0.3) is 0 Å². The van der Waals surface area contributed by atoms with Gasteiger partial charge in [0, 0.05) is 24.6 Å². The maximum Gasteiger partial charge on any atom is 0.331 e. The van der Waals surface area contributed by atoms with Gasteiger partial charge in [0.2, 0.25) is 0 Å². The van der Waals surface area contributed by atoms with Gasteiger partial charge in [0.15, 0.2) is 9.84 Å². The van der Waals surface area contributed by atoms with Crippen LogP contribution in [-0.4, -0.2) is 39.5 Å². The molecule has 0 aromatic carbocycles. The van der Waals surface area contributed by atoms with Crippen molar-refractivity contribution in [2.75, 3.05) is 25.2 Å². The van der Waals surface area contributed by atoms with Crippen LogP contribution in [0, 0.1) is 0 Å². The van der Waals surface area contributed by atoms with E-state index < -0.39 is 15.8 Å². The molecule has 0 amide bonds. The number of carbonyl (C=O) groups excluding carboxylic acids is 1. The Hall–Kier alpha value is -1.04.